The molecule has 2 aliphatic rings. The monoisotopic (exact) mass is 386 g/mol. The smallest absolute Gasteiger partial charge is 0.251 e. The van der Waals surface area contributed by atoms with Crippen molar-refractivity contribution in [1.29, 1.82) is 0 Å². The van der Waals surface area contributed by atoms with Gasteiger partial charge in [-0.3, -0.25) is 9.69 Å². The van der Waals surface area contributed by atoms with Crippen LogP contribution in [0.15, 0.2) is 28.8 Å². The second-order valence-electron chi connectivity index (χ2n) is 7.07. The lowest BCUT2D eigenvalue weighted by molar-refractivity contribution is -0.142. The van der Waals surface area contributed by atoms with Crippen molar-refractivity contribution >= 4 is 5.91 Å². The van der Waals surface area contributed by atoms with Crippen molar-refractivity contribution in [2.24, 2.45) is 0 Å². The lowest BCUT2D eigenvalue weighted by atomic mass is 10.2. The molecule has 0 N–H and O–H groups in total. The second kappa shape index (κ2) is 8.70. The Hall–Kier alpha value is -2.45. The van der Waals surface area contributed by atoms with E-state index in [1.165, 1.54) is 0 Å². The van der Waals surface area contributed by atoms with Crippen LogP contribution in [-0.2, 0) is 16.1 Å². The summed E-state index contributed by atoms with van der Waals surface area (Å²) in [6.07, 6.45) is 1.58. The molecule has 1 atom stereocenters. The number of aromatic nitrogens is 2. The average molecular weight is 386 g/mol. The van der Waals surface area contributed by atoms with Crippen LogP contribution in [0.25, 0.3) is 11.4 Å². The van der Waals surface area contributed by atoms with E-state index in [2.05, 4.69) is 15.0 Å². The highest BCUT2D eigenvalue weighted by Crippen LogP contribution is 2.21. The number of hydrogen-bond donors (Lipinski definition) is 0. The number of hydrogen-bond acceptors (Lipinski definition) is 7. The van der Waals surface area contributed by atoms with Crippen LogP contribution >= 0.6 is 0 Å². The van der Waals surface area contributed by atoms with Gasteiger partial charge in [-0.05, 0) is 44.0 Å². The molecule has 2 fully saturated rings. The molecule has 0 saturated carbocycles. The lowest BCUT2D eigenvalue weighted by Crippen LogP contribution is -2.51. The molecule has 8 nitrogen and oxygen atoms in total. The summed E-state index contributed by atoms with van der Waals surface area (Å²) in [5.74, 6) is 2.12. The van der Waals surface area contributed by atoms with Crippen LogP contribution in [0.1, 0.15) is 25.7 Å². The van der Waals surface area contributed by atoms with Crippen molar-refractivity contribution in [1.82, 2.24) is 19.9 Å². The van der Waals surface area contributed by atoms with Crippen molar-refractivity contribution in [3.05, 3.63) is 30.2 Å². The summed E-state index contributed by atoms with van der Waals surface area (Å²) in [5.41, 5.74) is 0.894. The number of ether oxygens (including phenoxy) is 2. The molecule has 2 saturated heterocycles. The Balaban J connectivity index is 1.29. The molecular formula is C20H26N4O4. The molecule has 8 heteroatoms. The maximum absolute atomic E-state index is 12.4. The topological polar surface area (TPSA) is 80.9 Å². The number of carbonyl (C=O) groups is 1. The van der Waals surface area contributed by atoms with Crippen LogP contribution < -0.4 is 4.74 Å². The Morgan fingerprint density at radius 3 is 2.68 bits per heavy atom. The zero-order valence-corrected chi connectivity index (χ0v) is 16.2. The molecule has 0 spiro atoms. The van der Waals surface area contributed by atoms with Gasteiger partial charge in [0.05, 0.1) is 13.2 Å². The molecule has 0 radical (unpaired) electrons. The minimum atomic E-state index is -0.237. The van der Waals surface area contributed by atoms with E-state index in [9.17, 15) is 4.79 Å². The van der Waals surface area contributed by atoms with Crippen molar-refractivity contribution in [3.8, 4) is 17.1 Å². The standard InChI is InChI=1S/C20H26N4O4/c1-2-26-16-7-5-15(6-8-16)19-21-18(28-22-19)14-23-9-11-24(12-10-23)20(25)17-4-3-13-27-17/h5-8,17H,2-4,9-14H2,1H3/t17-/m0/s1. The van der Waals surface area contributed by atoms with Gasteiger partial charge in [0.2, 0.25) is 11.7 Å². The molecule has 0 aliphatic carbocycles. The Labute approximate surface area is 164 Å². The highest BCUT2D eigenvalue weighted by molar-refractivity contribution is 5.81. The molecule has 4 rings (SSSR count). The van der Waals surface area contributed by atoms with Gasteiger partial charge < -0.3 is 18.9 Å². The predicted octanol–water partition coefficient (Wildman–Crippen LogP) is 1.96. The lowest BCUT2D eigenvalue weighted by Gasteiger charge is -2.35. The van der Waals surface area contributed by atoms with E-state index in [0.29, 0.717) is 44.6 Å². The number of rotatable bonds is 6. The third-order valence-electron chi connectivity index (χ3n) is 5.14. The quantitative estimate of drug-likeness (QED) is 0.751. The van der Waals surface area contributed by atoms with Gasteiger partial charge in [-0.25, -0.2) is 0 Å². The van der Waals surface area contributed by atoms with E-state index < -0.39 is 0 Å². The number of benzene rings is 1. The van der Waals surface area contributed by atoms with Crippen LogP contribution in [0.2, 0.25) is 0 Å². The zero-order valence-electron chi connectivity index (χ0n) is 16.2. The molecular weight excluding hydrogens is 360 g/mol. The zero-order chi connectivity index (χ0) is 19.3. The second-order valence-corrected chi connectivity index (χ2v) is 7.07. The number of nitrogens with zero attached hydrogens (tertiary/aromatic N) is 4. The number of piperazine rings is 1. The van der Waals surface area contributed by atoms with Crippen LogP contribution in [-0.4, -0.2) is 71.3 Å². The van der Waals surface area contributed by atoms with Gasteiger partial charge in [0, 0.05) is 38.3 Å². The van der Waals surface area contributed by atoms with Gasteiger partial charge in [-0.15, -0.1) is 0 Å². The first kappa shape index (κ1) is 18.9. The molecule has 150 valence electrons. The third kappa shape index (κ3) is 4.34. The average Bonchev–Trinajstić information content (AvgIpc) is 3.41. The largest absolute Gasteiger partial charge is 0.494 e. The third-order valence-corrected chi connectivity index (χ3v) is 5.14. The van der Waals surface area contributed by atoms with Gasteiger partial charge in [0.1, 0.15) is 11.9 Å². The summed E-state index contributed by atoms with van der Waals surface area (Å²) in [6, 6.07) is 7.66. The maximum atomic E-state index is 12.4. The van der Waals surface area contributed by atoms with E-state index in [4.69, 9.17) is 14.0 Å². The van der Waals surface area contributed by atoms with Crippen molar-refractivity contribution in [2.45, 2.75) is 32.4 Å². The minimum absolute atomic E-state index is 0.132. The Kier molecular flexibility index (Phi) is 5.87. The normalized spacial score (nSPS) is 20.5. The summed E-state index contributed by atoms with van der Waals surface area (Å²) in [4.78, 5) is 21.1. The first-order valence-electron chi connectivity index (χ1n) is 9.91. The molecule has 1 amide bonds. The summed E-state index contributed by atoms with van der Waals surface area (Å²) in [7, 11) is 0. The van der Waals surface area contributed by atoms with Gasteiger partial charge in [-0.2, -0.15) is 4.98 Å². The van der Waals surface area contributed by atoms with Crippen LogP contribution in [0, 0.1) is 0 Å². The molecule has 0 unspecified atom stereocenters. The fourth-order valence-electron chi connectivity index (χ4n) is 3.60. The van der Waals surface area contributed by atoms with Crippen LogP contribution in [0.3, 0.4) is 0 Å². The van der Waals surface area contributed by atoms with Gasteiger partial charge in [0.15, 0.2) is 0 Å². The summed E-state index contributed by atoms with van der Waals surface area (Å²) < 4.78 is 16.4. The van der Waals surface area contributed by atoms with Crippen LogP contribution in [0.5, 0.6) is 5.75 Å². The van der Waals surface area contributed by atoms with Gasteiger partial charge in [-0.1, -0.05) is 5.16 Å². The van der Waals surface area contributed by atoms with E-state index >= 15 is 0 Å². The molecule has 0 bridgehead atoms. The first-order chi connectivity index (χ1) is 13.7. The molecule has 1 aromatic carbocycles. The molecule has 2 aliphatic heterocycles. The van der Waals surface area contributed by atoms with Crippen molar-refractivity contribution in [3.63, 3.8) is 0 Å². The van der Waals surface area contributed by atoms with Gasteiger partial charge >= 0.3 is 0 Å². The highest BCUT2D eigenvalue weighted by atomic mass is 16.5. The molecule has 28 heavy (non-hydrogen) atoms. The summed E-state index contributed by atoms with van der Waals surface area (Å²) >= 11 is 0. The Morgan fingerprint density at radius 2 is 2.00 bits per heavy atom. The molecule has 3 heterocycles. The van der Waals surface area contributed by atoms with Gasteiger partial charge in [0.25, 0.3) is 5.91 Å². The summed E-state index contributed by atoms with van der Waals surface area (Å²) in [6.45, 7) is 6.88. The fourth-order valence-corrected chi connectivity index (χ4v) is 3.60. The first-order valence-corrected chi connectivity index (χ1v) is 9.91. The number of amides is 1. The van der Waals surface area contributed by atoms with E-state index in [1.54, 1.807) is 0 Å². The maximum Gasteiger partial charge on any atom is 0.251 e. The molecule has 1 aromatic heterocycles. The Morgan fingerprint density at radius 1 is 1.21 bits per heavy atom. The Bertz CT molecular complexity index is 778. The number of carbonyl (C=O) groups excluding carboxylic acids is 1. The van der Waals surface area contributed by atoms with E-state index in [0.717, 1.165) is 37.2 Å². The van der Waals surface area contributed by atoms with E-state index in [-0.39, 0.29) is 12.0 Å². The van der Waals surface area contributed by atoms with Crippen LogP contribution in [0.4, 0.5) is 0 Å². The van der Waals surface area contributed by atoms with Crippen molar-refractivity contribution < 1.29 is 18.8 Å². The SMILES string of the molecule is CCOc1ccc(-c2noc(CN3CCN(C(=O)[C@@H]4CCCO4)CC3)n2)cc1. The minimum Gasteiger partial charge on any atom is -0.494 e. The molecule has 2 aromatic rings. The predicted molar refractivity (Wildman–Crippen MR) is 102 cm³/mol. The fraction of sp³-hybridized carbons (Fsp3) is 0.550. The highest BCUT2D eigenvalue weighted by Gasteiger charge is 2.30. The summed E-state index contributed by atoms with van der Waals surface area (Å²) in [5, 5.41) is 4.09. The van der Waals surface area contributed by atoms with E-state index in [1.807, 2.05) is 36.1 Å². The van der Waals surface area contributed by atoms with Crippen molar-refractivity contribution in [2.75, 3.05) is 39.4 Å².